The first-order valence-corrected chi connectivity index (χ1v) is 9.77. The number of ether oxygens (including phenoxy) is 2. The lowest BCUT2D eigenvalue weighted by Crippen LogP contribution is -2.20. The van der Waals surface area contributed by atoms with Crippen molar-refractivity contribution in [2.45, 2.75) is 23.6 Å². The smallest absolute Gasteiger partial charge is 0.262 e. The molecule has 0 spiro atoms. The lowest BCUT2D eigenvalue weighted by molar-refractivity contribution is -0.118. The summed E-state index contributed by atoms with van der Waals surface area (Å²) < 4.78 is 10.8. The predicted octanol–water partition coefficient (Wildman–Crippen LogP) is 5.48. The zero-order valence-corrected chi connectivity index (χ0v) is 17.0. The Morgan fingerprint density at radius 1 is 0.893 bits per heavy atom. The number of hydrogen-bond donors (Lipinski definition) is 1. The summed E-state index contributed by atoms with van der Waals surface area (Å²) in [5.41, 5.74) is 3.31. The second-order valence-electron chi connectivity index (χ2n) is 6.36. The molecule has 0 radical (unpaired) electrons. The minimum absolute atomic E-state index is 0.0838. The monoisotopic (exact) mass is 393 g/mol. The van der Waals surface area contributed by atoms with Crippen LogP contribution in [0.4, 0.5) is 5.69 Å². The Morgan fingerprint density at radius 2 is 1.57 bits per heavy atom. The number of rotatable bonds is 7. The van der Waals surface area contributed by atoms with Crippen LogP contribution in [0, 0.1) is 13.8 Å². The molecule has 4 nitrogen and oxygen atoms in total. The quantitative estimate of drug-likeness (QED) is 0.577. The molecule has 0 aliphatic rings. The van der Waals surface area contributed by atoms with Crippen molar-refractivity contribution in [2.24, 2.45) is 0 Å². The number of methoxy groups -OCH3 is 1. The van der Waals surface area contributed by atoms with Crippen LogP contribution >= 0.6 is 11.8 Å². The second-order valence-corrected chi connectivity index (χ2v) is 7.51. The Balaban J connectivity index is 1.54. The van der Waals surface area contributed by atoms with Crippen molar-refractivity contribution in [3.05, 3.63) is 77.9 Å². The highest BCUT2D eigenvalue weighted by Crippen LogP contribution is 2.30. The fourth-order valence-electron chi connectivity index (χ4n) is 2.60. The zero-order chi connectivity index (χ0) is 19.9. The molecule has 5 heteroatoms. The van der Waals surface area contributed by atoms with Gasteiger partial charge in [0, 0.05) is 15.5 Å². The van der Waals surface area contributed by atoms with Crippen LogP contribution in [0.25, 0.3) is 0 Å². The summed E-state index contributed by atoms with van der Waals surface area (Å²) >= 11 is 1.70. The van der Waals surface area contributed by atoms with Gasteiger partial charge in [0.05, 0.1) is 7.11 Å². The van der Waals surface area contributed by atoms with Crippen molar-refractivity contribution < 1.29 is 14.3 Å². The van der Waals surface area contributed by atoms with Crippen LogP contribution in [0.15, 0.2) is 76.5 Å². The maximum absolute atomic E-state index is 12.1. The molecule has 0 unspecified atom stereocenters. The van der Waals surface area contributed by atoms with Gasteiger partial charge in [-0.3, -0.25) is 4.79 Å². The van der Waals surface area contributed by atoms with Crippen LogP contribution in [-0.4, -0.2) is 19.6 Å². The first-order valence-electron chi connectivity index (χ1n) is 8.96. The number of benzene rings is 3. The van der Waals surface area contributed by atoms with Gasteiger partial charge in [-0.15, -0.1) is 0 Å². The third-order valence-electron chi connectivity index (χ3n) is 4.28. The lowest BCUT2D eigenvalue weighted by atomic mass is 10.1. The highest BCUT2D eigenvalue weighted by molar-refractivity contribution is 7.99. The van der Waals surface area contributed by atoms with Crippen LogP contribution in [0.5, 0.6) is 11.5 Å². The number of anilines is 1. The van der Waals surface area contributed by atoms with E-state index in [-0.39, 0.29) is 12.5 Å². The van der Waals surface area contributed by atoms with Crippen molar-refractivity contribution in [1.29, 1.82) is 0 Å². The molecule has 0 aliphatic carbocycles. The van der Waals surface area contributed by atoms with E-state index in [1.807, 2.05) is 36.4 Å². The largest absolute Gasteiger partial charge is 0.493 e. The Morgan fingerprint density at radius 3 is 2.25 bits per heavy atom. The van der Waals surface area contributed by atoms with Gasteiger partial charge in [-0.05, 0) is 73.5 Å². The maximum Gasteiger partial charge on any atom is 0.262 e. The Bertz CT molecular complexity index is 954. The number of nitrogens with one attached hydrogen (secondary N) is 1. The normalized spacial score (nSPS) is 10.4. The molecule has 3 aromatic carbocycles. The molecular formula is C23H23NO3S. The third-order valence-corrected chi connectivity index (χ3v) is 5.28. The van der Waals surface area contributed by atoms with Gasteiger partial charge >= 0.3 is 0 Å². The van der Waals surface area contributed by atoms with E-state index in [0.717, 1.165) is 10.6 Å². The Labute approximate surface area is 169 Å². The summed E-state index contributed by atoms with van der Waals surface area (Å²) in [4.78, 5) is 14.5. The van der Waals surface area contributed by atoms with E-state index >= 15 is 0 Å². The maximum atomic E-state index is 12.1. The van der Waals surface area contributed by atoms with Gasteiger partial charge in [0.15, 0.2) is 18.1 Å². The summed E-state index contributed by atoms with van der Waals surface area (Å²) in [5.74, 6) is 0.920. The third kappa shape index (κ3) is 5.30. The molecule has 0 saturated carbocycles. The molecule has 3 aromatic rings. The first kappa shape index (κ1) is 19.8. The van der Waals surface area contributed by atoms with Gasteiger partial charge in [0.2, 0.25) is 0 Å². The molecule has 1 amide bonds. The Hall–Kier alpha value is -2.92. The van der Waals surface area contributed by atoms with Crippen LogP contribution in [0.2, 0.25) is 0 Å². The fourth-order valence-corrected chi connectivity index (χ4v) is 3.51. The van der Waals surface area contributed by atoms with Crippen molar-refractivity contribution >= 4 is 23.4 Å². The number of para-hydroxylation sites is 2. The van der Waals surface area contributed by atoms with Gasteiger partial charge in [-0.25, -0.2) is 0 Å². The van der Waals surface area contributed by atoms with Gasteiger partial charge in [0.1, 0.15) is 0 Å². The molecule has 144 valence electrons. The van der Waals surface area contributed by atoms with E-state index in [1.165, 1.54) is 16.0 Å². The molecule has 3 rings (SSSR count). The highest BCUT2D eigenvalue weighted by atomic mass is 32.2. The molecule has 28 heavy (non-hydrogen) atoms. The van der Waals surface area contributed by atoms with E-state index in [2.05, 4.69) is 37.4 Å². The van der Waals surface area contributed by atoms with E-state index in [0.29, 0.717) is 11.5 Å². The van der Waals surface area contributed by atoms with Gasteiger partial charge in [-0.2, -0.15) is 0 Å². The topological polar surface area (TPSA) is 47.6 Å². The fraction of sp³-hybridized carbons (Fsp3) is 0.174. The van der Waals surface area contributed by atoms with Crippen molar-refractivity contribution in [1.82, 2.24) is 0 Å². The Kier molecular flexibility index (Phi) is 6.61. The average molecular weight is 394 g/mol. The minimum Gasteiger partial charge on any atom is -0.493 e. The van der Waals surface area contributed by atoms with Crippen molar-refractivity contribution in [2.75, 3.05) is 19.0 Å². The minimum atomic E-state index is -0.222. The summed E-state index contributed by atoms with van der Waals surface area (Å²) in [6.07, 6.45) is 0. The van der Waals surface area contributed by atoms with Crippen LogP contribution in [-0.2, 0) is 4.79 Å². The van der Waals surface area contributed by atoms with Crippen LogP contribution in [0.1, 0.15) is 11.1 Å². The second kappa shape index (κ2) is 9.33. The van der Waals surface area contributed by atoms with Crippen LogP contribution < -0.4 is 14.8 Å². The molecule has 1 N–H and O–H groups in total. The summed E-state index contributed by atoms with van der Waals surface area (Å²) in [6, 6.07) is 21.5. The number of hydrogen-bond acceptors (Lipinski definition) is 4. The van der Waals surface area contributed by atoms with E-state index in [4.69, 9.17) is 9.47 Å². The SMILES string of the molecule is COc1ccccc1OCC(=O)Nc1ccc(Sc2ccc(C)c(C)c2)cc1. The zero-order valence-electron chi connectivity index (χ0n) is 16.2. The van der Waals surface area contributed by atoms with E-state index in [1.54, 1.807) is 31.0 Å². The summed E-state index contributed by atoms with van der Waals surface area (Å²) in [6.45, 7) is 4.14. The molecule has 0 fully saturated rings. The summed E-state index contributed by atoms with van der Waals surface area (Å²) in [5, 5.41) is 2.84. The molecule has 0 bridgehead atoms. The molecule has 0 aromatic heterocycles. The van der Waals surface area contributed by atoms with Gasteiger partial charge in [0.25, 0.3) is 5.91 Å². The highest BCUT2D eigenvalue weighted by Gasteiger charge is 2.07. The molecule has 0 aliphatic heterocycles. The standard InChI is InChI=1S/C23H23NO3S/c1-16-8-11-20(14-17(16)2)28-19-12-9-18(10-13-19)24-23(25)15-27-22-7-5-4-6-21(22)26-3/h4-14H,15H2,1-3H3,(H,24,25). The number of aryl methyl sites for hydroxylation is 2. The predicted molar refractivity (Wildman–Crippen MR) is 114 cm³/mol. The number of amides is 1. The molecule has 0 heterocycles. The van der Waals surface area contributed by atoms with Crippen LogP contribution in [0.3, 0.4) is 0 Å². The van der Waals surface area contributed by atoms with Gasteiger partial charge < -0.3 is 14.8 Å². The molecule has 0 atom stereocenters. The first-order chi connectivity index (χ1) is 13.5. The van der Waals surface area contributed by atoms with Crippen molar-refractivity contribution in [3.8, 4) is 11.5 Å². The van der Waals surface area contributed by atoms with E-state index < -0.39 is 0 Å². The molecular weight excluding hydrogens is 370 g/mol. The molecule has 0 saturated heterocycles. The van der Waals surface area contributed by atoms with Crippen molar-refractivity contribution in [3.63, 3.8) is 0 Å². The summed E-state index contributed by atoms with van der Waals surface area (Å²) in [7, 11) is 1.57. The lowest BCUT2D eigenvalue weighted by Gasteiger charge is -2.11. The number of carbonyl (C=O) groups is 1. The van der Waals surface area contributed by atoms with Gasteiger partial charge in [-0.1, -0.05) is 30.0 Å². The average Bonchev–Trinajstić information content (AvgIpc) is 2.71. The van der Waals surface area contributed by atoms with E-state index in [9.17, 15) is 4.79 Å². The number of carbonyl (C=O) groups excluding carboxylic acids is 1.